The van der Waals surface area contributed by atoms with Crippen LogP contribution in [0.5, 0.6) is 0 Å². The third kappa shape index (κ3) is 3.11. The molecule has 1 aliphatic heterocycles. The highest BCUT2D eigenvalue weighted by Gasteiger charge is 2.22. The lowest BCUT2D eigenvalue weighted by Gasteiger charge is -2.33. The van der Waals surface area contributed by atoms with Crippen LogP contribution in [-0.4, -0.2) is 25.9 Å². The van der Waals surface area contributed by atoms with E-state index in [2.05, 4.69) is 47.6 Å². The van der Waals surface area contributed by atoms with Crippen molar-refractivity contribution in [2.75, 3.05) is 30.4 Å². The Morgan fingerprint density at radius 3 is 2.88 bits per heavy atom. The van der Waals surface area contributed by atoms with E-state index in [0.717, 1.165) is 25.2 Å². The van der Waals surface area contributed by atoms with Crippen LogP contribution in [0.15, 0.2) is 42.5 Å². The molecule has 4 nitrogen and oxygen atoms in total. The zero-order valence-electron chi connectivity index (χ0n) is 14.0. The summed E-state index contributed by atoms with van der Waals surface area (Å²) in [5.74, 6) is 0.400. The highest BCUT2D eigenvalue weighted by molar-refractivity contribution is 5.95. The molecule has 0 bridgehead atoms. The monoisotopic (exact) mass is 319 g/mol. The van der Waals surface area contributed by atoms with Gasteiger partial charge in [0.25, 0.3) is 0 Å². The summed E-state index contributed by atoms with van der Waals surface area (Å²) in [6.07, 6.45) is 1.06. The van der Waals surface area contributed by atoms with Gasteiger partial charge in [-0.2, -0.15) is 5.26 Å². The van der Waals surface area contributed by atoms with E-state index in [9.17, 15) is 10.1 Å². The molecular weight excluding hydrogens is 298 g/mol. The average Bonchev–Trinajstić information content (AvgIpc) is 2.61. The van der Waals surface area contributed by atoms with E-state index in [1.807, 2.05) is 0 Å². The molecule has 24 heavy (non-hydrogen) atoms. The molecular formula is C20H21N3O. The molecule has 0 radical (unpaired) electrons. The second-order valence-electron chi connectivity index (χ2n) is 6.28. The lowest BCUT2D eigenvalue weighted by atomic mass is 9.90. The summed E-state index contributed by atoms with van der Waals surface area (Å²) in [5.41, 5.74) is 4.54. The molecule has 0 aromatic heterocycles. The minimum absolute atomic E-state index is 0.00664. The van der Waals surface area contributed by atoms with Gasteiger partial charge in [-0.3, -0.25) is 4.79 Å². The molecule has 1 N–H and O–H groups in total. The van der Waals surface area contributed by atoms with Gasteiger partial charge in [0.1, 0.15) is 6.07 Å². The molecule has 1 heterocycles. The second kappa shape index (κ2) is 6.76. The van der Waals surface area contributed by atoms with Gasteiger partial charge in [-0.25, -0.2) is 0 Å². The number of Topliss-reactive ketones (excluding diaryl/α,β-unsaturated/α-hetero) is 1. The van der Waals surface area contributed by atoms with E-state index in [1.165, 1.54) is 11.3 Å². The number of anilines is 2. The lowest BCUT2D eigenvalue weighted by molar-refractivity contribution is 0.101. The highest BCUT2D eigenvalue weighted by Crippen LogP contribution is 2.34. The SMILES string of the molecule is CC(=O)c1ccc(C#N)c(NCC2CCN(C)c3ccccc32)c1. The number of nitrogens with zero attached hydrogens (tertiary/aromatic N) is 2. The molecule has 0 spiro atoms. The Labute approximate surface area is 142 Å². The number of benzene rings is 2. The zero-order chi connectivity index (χ0) is 17.1. The quantitative estimate of drug-likeness (QED) is 0.871. The molecule has 1 aliphatic rings. The summed E-state index contributed by atoms with van der Waals surface area (Å²) >= 11 is 0. The number of nitrogens with one attached hydrogen (secondary N) is 1. The summed E-state index contributed by atoms with van der Waals surface area (Å²) in [5, 5.41) is 12.7. The fourth-order valence-electron chi connectivity index (χ4n) is 3.26. The van der Waals surface area contributed by atoms with Crippen molar-refractivity contribution in [3.63, 3.8) is 0 Å². The van der Waals surface area contributed by atoms with E-state index >= 15 is 0 Å². The van der Waals surface area contributed by atoms with Gasteiger partial charge < -0.3 is 10.2 Å². The van der Waals surface area contributed by atoms with Crippen molar-refractivity contribution in [2.45, 2.75) is 19.3 Å². The van der Waals surface area contributed by atoms with Crippen LogP contribution in [0.3, 0.4) is 0 Å². The number of carbonyl (C=O) groups excluding carboxylic acids is 1. The minimum Gasteiger partial charge on any atom is -0.383 e. The predicted octanol–water partition coefficient (Wildman–Crippen LogP) is 3.80. The molecule has 0 saturated heterocycles. The van der Waals surface area contributed by atoms with Crippen LogP contribution in [-0.2, 0) is 0 Å². The van der Waals surface area contributed by atoms with Gasteiger partial charge in [0.2, 0.25) is 0 Å². The normalized spacial score (nSPS) is 16.2. The Morgan fingerprint density at radius 1 is 1.33 bits per heavy atom. The summed E-state index contributed by atoms with van der Waals surface area (Å²) < 4.78 is 0. The Morgan fingerprint density at radius 2 is 2.12 bits per heavy atom. The molecule has 1 atom stereocenters. The maximum atomic E-state index is 11.6. The second-order valence-corrected chi connectivity index (χ2v) is 6.28. The van der Waals surface area contributed by atoms with E-state index in [0.29, 0.717) is 17.0 Å². The van der Waals surface area contributed by atoms with Crippen molar-refractivity contribution >= 4 is 17.2 Å². The standard InChI is InChI=1S/C20H21N3O/c1-14(24)15-7-8-16(12-21)19(11-15)22-13-17-9-10-23(2)20-6-4-3-5-18(17)20/h3-8,11,17,22H,9-10,13H2,1-2H3. The van der Waals surface area contributed by atoms with Crippen LogP contribution in [0.25, 0.3) is 0 Å². The molecule has 0 saturated carbocycles. The summed E-state index contributed by atoms with van der Waals surface area (Å²) in [6.45, 7) is 3.31. The number of para-hydroxylation sites is 1. The molecule has 122 valence electrons. The number of ketones is 1. The first-order chi connectivity index (χ1) is 11.6. The van der Waals surface area contributed by atoms with E-state index < -0.39 is 0 Å². The van der Waals surface area contributed by atoms with Crippen molar-refractivity contribution < 1.29 is 4.79 Å². The maximum Gasteiger partial charge on any atom is 0.159 e. The van der Waals surface area contributed by atoms with Gasteiger partial charge in [0, 0.05) is 37.3 Å². The van der Waals surface area contributed by atoms with Crippen molar-refractivity contribution in [3.05, 3.63) is 59.2 Å². The van der Waals surface area contributed by atoms with Crippen molar-refractivity contribution in [1.29, 1.82) is 5.26 Å². The first-order valence-electron chi connectivity index (χ1n) is 8.19. The fraction of sp³-hybridized carbons (Fsp3) is 0.300. The van der Waals surface area contributed by atoms with Crippen LogP contribution in [0.1, 0.15) is 40.7 Å². The molecule has 1 unspecified atom stereocenters. The topological polar surface area (TPSA) is 56.1 Å². The Balaban J connectivity index is 1.82. The lowest BCUT2D eigenvalue weighted by Crippen LogP contribution is -2.29. The molecule has 4 heteroatoms. The number of hydrogen-bond donors (Lipinski definition) is 1. The van der Waals surface area contributed by atoms with Gasteiger partial charge in [0.15, 0.2) is 5.78 Å². The molecule has 0 amide bonds. The number of hydrogen-bond acceptors (Lipinski definition) is 4. The third-order valence-corrected chi connectivity index (χ3v) is 4.69. The van der Waals surface area contributed by atoms with E-state index in [-0.39, 0.29) is 5.78 Å². The van der Waals surface area contributed by atoms with Crippen molar-refractivity contribution in [3.8, 4) is 6.07 Å². The smallest absolute Gasteiger partial charge is 0.159 e. The number of nitriles is 1. The van der Waals surface area contributed by atoms with Crippen LogP contribution in [0, 0.1) is 11.3 Å². The Kier molecular flexibility index (Phi) is 4.52. The first kappa shape index (κ1) is 16.1. The van der Waals surface area contributed by atoms with Crippen molar-refractivity contribution in [1.82, 2.24) is 0 Å². The summed E-state index contributed by atoms with van der Waals surface area (Å²) in [6, 6.07) is 15.9. The first-order valence-corrected chi connectivity index (χ1v) is 8.19. The number of rotatable bonds is 4. The van der Waals surface area contributed by atoms with Gasteiger partial charge in [0.05, 0.1) is 11.3 Å². The van der Waals surface area contributed by atoms with Crippen LogP contribution in [0.2, 0.25) is 0 Å². The Bertz CT molecular complexity index is 807. The van der Waals surface area contributed by atoms with E-state index in [4.69, 9.17) is 0 Å². The molecule has 3 rings (SSSR count). The predicted molar refractivity (Wildman–Crippen MR) is 96.7 cm³/mol. The number of carbonyl (C=O) groups is 1. The summed E-state index contributed by atoms with van der Waals surface area (Å²) in [7, 11) is 2.12. The van der Waals surface area contributed by atoms with Crippen LogP contribution >= 0.6 is 0 Å². The minimum atomic E-state index is 0.00664. The highest BCUT2D eigenvalue weighted by atomic mass is 16.1. The van der Waals surface area contributed by atoms with E-state index in [1.54, 1.807) is 25.1 Å². The molecule has 2 aromatic carbocycles. The van der Waals surface area contributed by atoms with Gasteiger partial charge in [-0.1, -0.05) is 18.2 Å². The van der Waals surface area contributed by atoms with Crippen LogP contribution < -0.4 is 10.2 Å². The fourth-order valence-corrected chi connectivity index (χ4v) is 3.26. The number of fused-ring (bicyclic) bond motifs is 1. The average molecular weight is 319 g/mol. The van der Waals surface area contributed by atoms with Gasteiger partial charge in [-0.05, 0) is 43.2 Å². The summed E-state index contributed by atoms with van der Waals surface area (Å²) in [4.78, 5) is 13.9. The van der Waals surface area contributed by atoms with Crippen molar-refractivity contribution in [2.24, 2.45) is 0 Å². The largest absolute Gasteiger partial charge is 0.383 e. The molecule has 2 aromatic rings. The third-order valence-electron chi connectivity index (χ3n) is 4.69. The molecule has 0 fully saturated rings. The maximum absolute atomic E-state index is 11.6. The van der Waals surface area contributed by atoms with Gasteiger partial charge >= 0.3 is 0 Å². The van der Waals surface area contributed by atoms with Crippen LogP contribution in [0.4, 0.5) is 11.4 Å². The zero-order valence-corrected chi connectivity index (χ0v) is 14.0. The molecule has 0 aliphatic carbocycles. The van der Waals surface area contributed by atoms with Gasteiger partial charge in [-0.15, -0.1) is 0 Å². The Hall–Kier alpha value is -2.80.